The summed E-state index contributed by atoms with van der Waals surface area (Å²) in [7, 11) is 0.561. The van der Waals surface area contributed by atoms with Crippen LogP contribution in [0.2, 0.25) is 0 Å². The van der Waals surface area contributed by atoms with Crippen LogP contribution in [0.1, 0.15) is 24.2 Å². The van der Waals surface area contributed by atoms with Gasteiger partial charge in [-0.15, -0.1) is 0 Å². The molecule has 148 valence electrons. The Labute approximate surface area is 159 Å². The van der Waals surface area contributed by atoms with Gasteiger partial charge in [0.25, 0.3) is 0 Å². The molecule has 0 bridgehead atoms. The molecule has 2 N–H and O–H groups in total. The zero-order valence-electron chi connectivity index (χ0n) is 15.9. The van der Waals surface area contributed by atoms with Crippen molar-refractivity contribution in [1.29, 1.82) is 0 Å². The molecule has 0 fully saturated rings. The largest absolute Gasteiger partial charge is 0.495 e. The number of aliphatic hydroxyl groups excluding tert-OH is 1. The molecule has 0 aromatic heterocycles. The highest BCUT2D eigenvalue weighted by Gasteiger charge is 2.22. The van der Waals surface area contributed by atoms with E-state index in [1.165, 1.54) is 21.3 Å². The van der Waals surface area contributed by atoms with Gasteiger partial charge in [-0.3, -0.25) is 0 Å². The van der Waals surface area contributed by atoms with Crippen LogP contribution in [0.5, 0.6) is 17.2 Å². The Bertz CT molecular complexity index is 882. The first-order valence-corrected chi connectivity index (χ1v) is 9.91. The minimum absolute atomic E-state index is 0.0452. The third-order valence-corrected chi connectivity index (χ3v) is 5.63. The average molecular weight is 395 g/mol. The van der Waals surface area contributed by atoms with Crippen molar-refractivity contribution in [2.45, 2.75) is 24.3 Å². The van der Waals surface area contributed by atoms with Crippen molar-refractivity contribution in [2.24, 2.45) is 0 Å². The number of hydrogen-bond donors (Lipinski definition) is 2. The molecule has 0 saturated carbocycles. The lowest BCUT2D eigenvalue weighted by Crippen LogP contribution is -2.29. The van der Waals surface area contributed by atoms with Gasteiger partial charge < -0.3 is 19.3 Å². The van der Waals surface area contributed by atoms with Gasteiger partial charge in [0.05, 0.1) is 27.4 Å². The van der Waals surface area contributed by atoms with Crippen LogP contribution in [0.25, 0.3) is 0 Å². The number of benzene rings is 2. The van der Waals surface area contributed by atoms with Gasteiger partial charge in [0.2, 0.25) is 10.0 Å². The Morgan fingerprint density at radius 3 is 2.19 bits per heavy atom. The SMILES string of the molecule is CCc1ccc(OC)c(S(=O)(=O)NCC(O)c2ccc(OC)c(OC)c2)c1. The fraction of sp³-hybridized carbons (Fsp3) is 0.368. The van der Waals surface area contributed by atoms with E-state index in [0.717, 1.165) is 5.56 Å². The molecular formula is C19H25NO6S. The van der Waals surface area contributed by atoms with Gasteiger partial charge in [0.15, 0.2) is 11.5 Å². The maximum Gasteiger partial charge on any atom is 0.244 e. The minimum atomic E-state index is -3.86. The van der Waals surface area contributed by atoms with Gasteiger partial charge in [0.1, 0.15) is 10.6 Å². The summed E-state index contributed by atoms with van der Waals surface area (Å²) in [6.45, 7) is 1.74. The topological polar surface area (TPSA) is 94.1 Å². The molecule has 7 nitrogen and oxygen atoms in total. The first-order valence-electron chi connectivity index (χ1n) is 8.42. The van der Waals surface area contributed by atoms with Crippen molar-refractivity contribution >= 4 is 10.0 Å². The van der Waals surface area contributed by atoms with Crippen LogP contribution in [0, 0.1) is 0 Å². The minimum Gasteiger partial charge on any atom is -0.495 e. The molecule has 1 atom stereocenters. The summed E-state index contributed by atoms with van der Waals surface area (Å²) in [5, 5.41) is 10.4. The van der Waals surface area contributed by atoms with Gasteiger partial charge in [0, 0.05) is 6.54 Å². The Hall–Kier alpha value is -2.29. The predicted octanol–water partition coefficient (Wildman–Crippen LogP) is 2.29. The lowest BCUT2D eigenvalue weighted by atomic mass is 10.1. The zero-order valence-corrected chi connectivity index (χ0v) is 16.7. The lowest BCUT2D eigenvalue weighted by molar-refractivity contribution is 0.181. The summed E-state index contributed by atoms with van der Waals surface area (Å²) in [5.74, 6) is 1.23. The maximum absolute atomic E-state index is 12.7. The van der Waals surface area contributed by atoms with Gasteiger partial charge in [-0.25, -0.2) is 13.1 Å². The van der Waals surface area contributed by atoms with Crippen molar-refractivity contribution in [2.75, 3.05) is 27.9 Å². The first-order chi connectivity index (χ1) is 12.9. The molecular weight excluding hydrogens is 370 g/mol. The molecule has 0 heterocycles. The summed E-state index contributed by atoms with van der Waals surface area (Å²) in [5.41, 5.74) is 1.38. The van der Waals surface area contributed by atoms with Crippen molar-refractivity contribution in [1.82, 2.24) is 4.72 Å². The standard InChI is InChI=1S/C19H25NO6S/c1-5-13-6-8-17(25-3)19(10-13)27(22,23)20-12-15(21)14-7-9-16(24-2)18(11-14)26-4/h6-11,15,20-21H,5,12H2,1-4H3. The Morgan fingerprint density at radius 1 is 0.963 bits per heavy atom. The van der Waals surface area contributed by atoms with Crippen molar-refractivity contribution in [3.8, 4) is 17.2 Å². The van der Waals surface area contributed by atoms with E-state index in [1.807, 2.05) is 13.0 Å². The van der Waals surface area contributed by atoms with E-state index in [4.69, 9.17) is 14.2 Å². The highest BCUT2D eigenvalue weighted by atomic mass is 32.2. The molecule has 27 heavy (non-hydrogen) atoms. The molecule has 0 aliphatic rings. The summed E-state index contributed by atoms with van der Waals surface area (Å²) in [4.78, 5) is 0.0452. The molecule has 0 aliphatic heterocycles. The number of sulfonamides is 1. The highest BCUT2D eigenvalue weighted by molar-refractivity contribution is 7.89. The number of ether oxygens (including phenoxy) is 3. The fourth-order valence-corrected chi connectivity index (χ4v) is 3.85. The quantitative estimate of drug-likeness (QED) is 0.677. The molecule has 2 aromatic carbocycles. The predicted molar refractivity (Wildman–Crippen MR) is 102 cm³/mol. The van der Waals surface area contributed by atoms with E-state index >= 15 is 0 Å². The Morgan fingerprint density at radius 2 is 1.59 bits per heavy atom. The van der Waals surface area contributed by atoms with Crippen molar-refractivity contribution in [3.63, 3.8) is 0 Å². The van der Waals surface area contributed by atoms with Crippen LogP contribution in [0.3, 0.4) is 0 Å². The second-order valence-electron chi connectivity index (χ2n) is 5.82. The van der Waals surface area contributed by atoms with Crippen LogP contribution >= 0.6 is 0 Å². The van der Waals surface area contributed by atoms with E-state index in [9.17, 15) is 13.5 Å². The second-order valence-corrected chi connectivity index (χ2v) is 7.56. The van der Waals surface area contributed by atoms with E-state index in [0.29, 0.717) is 23.5 Å². The molecule has 8 heteroatoms. The van der Waals surface area contributed by atoms with E-state index in [2.05, 4.69) is 4.72 Å². The third-order valence-electron chi connectivity index (χ3n) is 4.18. The van der Waals surface area contributed by atoms with Gasteiger partial charge in [-0.2, -0.15) is 0 Å². The Balaban J connectivity index is 2.20. The average Bonchev–Trinajstić information content (AvgIpc) is 2.70. The summed E-state index contributed by atoms with van der Waals surface area (Å²) in [6.07, 6.45) is -0.360. The van der Waals surface area contributed by atoms with E-state index in [-0.39, 0.29) is 17.2 Å². The van der Waals surface area contributed by atoms with Crippen LogP contribution in [-0.2, 0) is 16.4 Å². The summed E-state index contributed by atoms with van der Waals surface area (Å²) < 4.78 is 43.4. The van der Waals surface area contributed by atoms with E-state index in [1.54, 1.807) is 30.3 Å². The normalized spacial score (nSPS) is 12.5. The number of rotatable bonds is 9. The molecule has 0 spiro atoms. The van der Waals surface area contributed by atoms with Crippen molar-refractivity contribution < 1.29 is 27.7 Å². The summed E-state index contributed by atoms with van der Waals surface area (Å²) in [6, 6.07) is 9.92. The number of hydrogen-bond acceptors (Lipinski definition) is 6. The molecule has 0 saturated heterocycles. The first kappa shape index (κ1) is 21.0. The van der Waals surface area contributed by atoms with Gasteiger partial charge >= 0.3 is 0 Å². The van der Waals surface area contributed by atoms with E-state index < -0.39 is 16.1 Å². The number of methoxy groups -OCH3 is 3. The zero-order chi connectivity index (χ0) is 20.0. The van der Waals surface area contributed by atoms with Crippen molar-refractivity contribution in [3.05, 3.63) is 47.5 Å². The molecule has 2 aromatic rings. The molecule has 0 aliphatic carbocycles. The second kappa shape index (κ2) is 9.07. The number of aryl methyl sites for hydroxylation is 1. The van der Waals surface area contributed by atoms with Gasteiger partial charge in [-0.1, -0.05) is 19.1 Å². The smallest absolute Gasteiger partial charge is 0.244 e. The maximum atomic E-state index is 12.7. The van der Waals surface area contributed by atoms with Crippen LogP contribution < -0.4 is 18.9 Å². The van der Waals surface area contributed by atoms with Crippen LogP contribution in [0.15, 0.2) is 41.3 Å². The van der Waals surface area contributed by atoms with Crippen LogP contribution in [-0.4, -0.2) is 41.4 Å². The summed E-state index contributed by atoms with van der Waals surface area (Å²) >= 11 is 0. The number of nitrogens with one attached hydrogen (secondary N) is 1. The molecule has 1 unspecified atom stereocenters. The highest BCUT2D eigenvalue weighted by Crippen LogP contribution is 2.30. The Kier molecular flexibility index (Phi) is 7.06. The third kappa shape index (κ3) is 4.91. The molecule has 2 rings (SSSR count). The fourth-order valence-electron chi connectivity index (χ4n) is 2.60. The molecule has 0 amide bonds. The van der Waals surface area contributed by atoms with Crippen LogP contribution in [0.4, 0.5) is 0 Å². The monoisotopic (exact) mass is 395 g/mol. The number of aliphatic hydroxyl groups is 1. The molecule has 0 radical (unpaired) electrons. The van der Waals surface area contributed by atoms with Gasteiger partial charge in [-0.05, 0) is 41.8 Å². The lowest BCUT2D eigenvalue weighted by Gasteiger charge is -2.16.